The van der Waals surface area contributed by atoms with Gasteiger partial charge in [0.15, 0.2) is 0 Å². The van der Waals surface area contributed by atoms with Crippen LogP contribution in [0, 0.1) is 45.6 Å². The third-order valence-corrected chi connectivity index (χ3v) is 12.8. The van der Waals surface area contributed by atoms with Crippen LogP contribution in [0.2, 0.25) is 17.3 Å². The van der Waals surface area contributed by atoms with Crippen molar-refractivity contribution in [3.8, 4) is 33.6 Å². The van der Waals surface area contributed by atoms with E-state index in [1.165, 1.54) is 44.8 Å². The van der Waals surface area contributed by atoms with Crippen molar-refractivity contribution in [2.45, 2.75) is 64.6 Å². The van der Waals surface area contributed by atoms with Crippen molar-refractivity contribution in [2.24, 2.45) is 0 Å². The van der Waals surface area contributed by atoms with Crippen LogP contribution in [0.15, 0.2) is 89.6 Å². The van der Waals surface area contributed by atoms with E-state index in [0.717, 1.165) is 44.4 Å². The second-order valence-corrected chi connectivity index (χ2v) is 24.3. The van der Waals surface area contributed by atoms with Crippen molar-refractivity contribution in [1.29, 1.82) is 0 Å². The number of nitrogens with zero attached hydrogens (tertiary/aromatic N) is 3. The molecule has 0 aliphatic heterocycles. The van der Waals surface area contributed by atoms with Crippen LogP contribution in [0.4, 0.5) is 4.39 Å². The molecule has 0 saturated carbocycles. The van der Waals surface area contributed by atoms with Gasteiger partial charge in [-0.2, -0.15) is 0 Å². The third kappa shape index (κ3) is 7.83. The molecular weight excluding hydrogens is 858 g/mol. The number of hydrogen-bond acceptors (Lipinski definition) is 4. The molecule has 0 unspecified atom stereocenters. The monoisotopic (exact) mass is 906 g/mol. The molecule has 4 aromatic heterocycles. The van der Waals surface area contributed by atoms with Gasteiger partial charge < -0.3 is 9.40 Å². The van der Waals surface area contributed by atoms with Crippen molar-refractivity contribution >= 4 is 39.7 Å². The van der Waals surface area contributed by atoms with E-state index in [-0.39, 0.29) is 31.6 Å². The molecule has 1 radical (unpaired) electrons. The van der Waals surface area contributed by atoms with Crippen LogP contribution in [0.1, 0.15) is 53.2 Å². The Morgan fingerprint density at radius 3 is 2.30 bits per heavy atom. The van der Waals surface area contributed by atoms with Gasteiger partial charge in [-0.15, -0.1) is 18.2 Å². The number of fused-ring (bicyclic) bond motifs is 3. The first-order valence-corrected chi connectivity index (χ1v) is 23.6. The zero-order valence-corrected chi connectivity index (χ0v) is 34.0. The summed E-state index contributed by atoms with van der Waals surface area (Å²) in [6.45, 7) is 7.85. The molecule has 0 bridgehead atoms. The van der Waals surface area contributed by atoms with Crippen molar-refractivity contribution in [1.82, 2.24) is 15.0 Å². The Balaban J connectivity index is 0.000000223. The first-order valence-electron chi connectivity index (χ1n) is 18.3. The summed E-state index contributed by atoms with van der Waals surface area (Å²) < 4.78 is 51.6. The average molecular weight is 905 g/mol. The Kier molecular flexibility index (Phi) is 9.66. The molecule has 0 atom stereocenters. The van der Waals surface area contributed by atoms with Gasteiger partial charge in [0, 0.05) is 41.5 Å². The zero-order valence-electron chi connectivity index (χ0n) is 33.5. The van der Waals surface area contributed by atoms with Gasteiger partial charge in [-0.25, -0.2) is 4.98 Å². The number of hydrogen-bond donors (Lipinski definition) is 0. The molecule has 3 aromatic carbocycles. The number of furan rings is 1. The predicted octanol–water partition coefficient (Wildman–Crippen LogP) is 11.1. The van der Waals surface area contributed by atoms with Crippen LogP contribution in [0.25, 0.3) is 55.7 Å². The number of benzene rings is 3. The molecule has 0 fully saturated rings. The molecule has 0 aliphatic carbocycles. The number of rotatable bonds is 5. The Morgan fingerprint density at radius 2 is 1.64 bits per heavy atom. The summed E-state index contributed by atoms with van der Waals surface area (Å²) in [6, 6.07) is 28.0. The summed E-state index contributed by atoms with van der Waals surface area (Å²) >= 11 is -2.10. The van der Waals surface area contributed by atoms with E-state index < -0.39 is 26.0 Å². The molecule has 50 heavy (non-hydrogen) atoms. The van der Waals surface area contributed by atoms with Crippen LogP contribution in [0.5, 0.6) is 0 Å². The standard InChI is InChI=1S/C26H21N2O.C17H21FGeN.Ir/c1-15-12-16(2)24(17(3)13-15)19-10-11-27-23(14-19)22-7-5-6-20-21-9-8-18(4)28-26(21)29-25(20)22;1-12(2)15-10-17(13-6-8-14(18)9-7-13)20-11-16(15)19(3,4)5;/h5-6,8-14H,1-4H3;6,8-12H,1-5H3;/q2*-1;/i4D3;12D;. The van der Waals surface area contributed by atoms with Crippen LogP contribution >= 0.6 is 0 Å². The van der Waals surface area contributed by atoms with E-state index in [2.05, 4.69) is 77.3 Å². The number of aromatic nitrogens is 3. The number of halogens is 1. The Labute approximate surface area is 316 Å². The summed E-state index contributed by atoms with van der Waals surface area (Å²) in [5, 5.41) is 1.62. The third-order valence-electron chi connectivity index (χ3n) is 8.58. The molecular formula is C43H42FGeIrN3O-2. The SMILES string of the molecule is [2H]C(C)(C)c1cc(-c2[c-]cc(F)cc2)nc[c]1[Ge]([CH3])([CH3])[CH3].[2H]C([2H])([2H])c1ccc2c(n1)oc1c(-c3cc(-c4c(C)cc(C)cc4C)ccn3)[c-]ccc12.[Ir]. The maximum atomic E-state index is 13.0. The van der Waals surface area contributed by atoms with Crippen molar-refractivity contribution in [2.75, 3.05) is 0 Å². The maximum Gasteiger partial charge on any atom is 0.216 e. The van der Waals surface area contributed by atoms with Crippen LogP contribution in [-0.2, 0) is 20.1 Å². The van der Waals surface area contributed by atoms with Gasteiger partial charge in [-0.1, -0.05) is 34.7 Å². The topological polar surface area (TPSA) is 51.8 Å². The molecule has 0 aliphatic rings. The van der Waals surface area contributed by atoms with Gasteiger partial charge in [0.25, 0.3) is 0 Å². The minimum absolute atomic E-state index is 0. The van der Waals surface area contributed by atoms with E-state index in [1.807, 2.05) is 50.4 Å². The van der Waals surface area contributed by atoms with Crippen molar-refractivity contribution in [3.63, 3.8) is 0 Å². The fourth-order valence-corrected chi connectivity index (χ4v) is 9.67. The van der Waals surface area contributed by atoms with Crippen molar-refractivity contribution < 1.29 is 34.4 Å². The van der Waals surface area contributed by atoms with Gasteiger partial charge in [-0.3, -0.25) is 0 Å². The molecule has 7 aromatic rings. The summed E-state index contributed by atoms with van der Waals surface area (Å²) in [4.78, 5) is 13.4. The minimum Gasteiger partial charge on any atom is -0.486 e. The maximum absolute atomic E-state index is 13.0. The molecule has 0 saturated heterocycles. The smallest absolute Gasteiger partial charge is 0.216 e. The molecule has 7 rings (SSSR count). The van der Waals surface area contributed by atoms with Crippen molar-refractivity contribution in [3.05, 3.63) is 131 Å². The van der Waals surface area contributed by atoms with Gasteiger partial charge >= 0.3 is 125 Å². The molecule has 257 valence electrons. The van der Waals surface area contributed by atoms with Gasteiger partial charge in [0.05, 0.1) is 5.58 Å². The second kappa shape index (κ2) is 15.1. The molecule has 0 N–H and O–H groups in total. The van der Waals surface area contributed by atoms with E-state index in [1.54, 1.807) is 18.3 Å². The zero-order chi connectivity index (χ0) is 38.5. The second-order valence-electron chi connectivity index (χ2n) is 13.7. The summed E-state index contributed by atoms with van der Waals surface area (Å²) in [7, 11) is 0. The normalized spacial score (nSPS) is 13.1. The van der Waals surface area contributed by atoms with Gasteiger partial charge in [0.2, 0.25) is 5.71 Å². The minimum atomic E-state index is -2.29. The first-order chi connectivity index (χ1) is 24.8. The Morgan fingerprint density at radius 1 is 0.880 bits per heavy atom. The quantitative estimate of drug-likeness (QED) is 0.128. The number of aryl methyl sites for hydroxylation is 4. The molecule has 7 heteroatoms. The van der Waals surface area contributed by atoms with E-state index in [9.17, 15) is 4.39 Å². The van der Waals surface area contributed by atoms with E-state index in [4.69, 9.17) is 9.90 Å². The van der Waals surface area contributed by atoms with Crippen LogP contribution in [-0.4, -0.2) is 28.2 Å². The van der Waals surface area contributed by atoms with Crippen LogP contribution < -0.4 is 4.40 Å². The first kappa shape index (κ1) is 32.0. The van der Waals surface area contributed by atoms with E-state index in [0.29, 0.717) is 11.3 Å². The largest absolute Gasteiger partial charge is 0.486 e. The molecule has 4 nitrogen and oxygen atoms in total. The molecule has 4 heterocycles. The fraction of sp³-hybridized carbons (Fsp3) is 0.233. The fourth-order valence-electron chi connectivity index (χ4n) is 6.35. The Hall–Kier alpha value is -3.97. The number of pyridine rings is 3. The summed E-state index contributed by atoms with van der Waals surface area (Å²) in [5.41, 5.74) is 10.8. The average Bonchev–Trinajstić information content (AvgIpc) is 3.46. The van der Waals surface area contributed by atoms with Gasteiger partial charge in [0.1, 0.15) is 0 Å². The van der Waals surface area contributed by atoms with Crippen LogP contribution in [0.3, 0.4) is 0 Å². The predicted molar refractivity (Wildman–Crippen MR) is 204 cm³/mol. The molecule has 0 amide bonds. The van der Waals surface area contributed by atoms with E-state index >= 15 is 0 Å². The summed E-state index contributed by atoms with van der Waals surface area (Å²) in [5.74, 6) is 5.93. The summed E-state index contributed by atoms with van der Waals surface area (Å²) in [6.07, 6.45) is 3.71. The van der Waals surface area contributed by atoms with Gasteiger partial charge in [-0.05, 0) is 73.8 Å². The Bertz CT molecular complexity index is 2450. The molecule has 0 spiro atoms.